The SMILES string of the molecule is CC(=O)Oc1ccc(Nc2cccc(-c3nc4cc(NC(=O)c5ccc(OC(C)=O)cc5)ccc4o3)c2)cc1. The molecule has 0 unspecified atom stereocenters. The summed E-state index contributed by atoms with van der Waals surface area (Å²) in [5.74, 6) is 0.162. The van der Waals surface area contributed by atoms with E-state index >= 15 is 0 Å². The largest absolute Gasteiger partial charge is 0.436 e. The predicted molar refractivity (Wildman–Crippen MR) is 146 cm³/mol. The number of hydrogen-bond acceptors (Lipinski definition) is 8. The van der Waals surface area contributed by atoms with Crippen LogP contribution in [0.25, 0.3) is 22.6 Å². The lowest BCUT2D eigenvalue weighted by atomic mass is 10.2. The summed E-state index contributed by atoms with van der Waals surface area (Å²) in [6.45, 7) is 2.67. The lowest BCUT2D eigenvalue weighted by molar-refractivity contribution is -0.132. The first-order valence-corrected chi connectivity index (χ1v) is 12.0. The summed E-state index contributed by atoms with van der Waals surface area (Å²) < 4.78 is 16.0. The molecule has 0 spiro atoms. The minimum atomic E-state index is -0.428. The van der Waals surface area contributed by atoms with E-state index in [1.165, 1.54) is 13.8 Å². The molecule has 0 saturated carbocycles. The summed E-state index contributed by atoms with van der Waals surface area (Å²) in [4.78, 5) is 39.5. The highest BCUT2D eigenvalue weighted by Crippen LogP contribution is 2.29. The molecule has 9 nitrogen and oxygen atoms in total. The zero-order valence-corrected chi connectivity index (χ0v) is 21.1. The molecule has 0 atom stereocenters. The Morgan fingerprint density at radius 2 is 1.36 bits per heavy atom. The number of carbonyl (C=O) groups excluding carboxylic acids is 3. The van der Waals surface area contributed by atoms with Gasteiger partial charge in [-0.3, -0.25) is 14.4 Å². The van der Waals surface area contributed by atoms with Crippen LogP contribution in [0.5, 0.6) is 11.5 Å². The van der Waals surface area contributed by atoms with E-state index in [1.54, 1.807) is 54.6 Å². The maximum absolute atomic E-state index is 12.7. The van der Waals surface area contributed by atoms with Crippen molar-refractivity contribution in [2.75, 3.05) is 10.6 Å². The Morgan fingerprint density at radius 3 is 2.03 bits per heavy atom. The van der Waals surface area contributed by atoms with E-state index in [2.05, 4.69) is 15.6 Å². The van der Waals surface area contributed by atoms with Crippen LogP contribution in [-0.2, 0) is 9.59 Å². The van der Waals surface area contributed by atoms with Crippen molar-refractivity contribution >= 4 is 46.0 Å². The van der Waals surface area contributed by atoms with Crippen molar-refractivity contribution in [1.29, 1.82) is 0 Å². The molecule has 4 aromatic carbocycles. The van der Waals surface area contributed by atoms with Gasteiger partial charge in [0.25, 0.3) is 5.91 Å². The van der Waals surface area contributed by atoms with Gasteiger partial charge in [-0.25, -0.2) is 4.98 Å². The first kappa shape index (κ1) is 25.2. The number of nitrogens with zero attached hydrogens (tertiary/aromatic N) is 1. The summed E-state index contributed by atoms with van der Waals surface area (Å²) in [5.41, 5.74) is 4.55. The number of esters is 2. The number of ether oxygens (including phenoxy) is 2. The van der Waals surface area contributed by atoms with E-state index < -0.39 is 5.97 Å². The van der Waals surface area contributed by atoms with Crippen LogP contribution in [0.1, 0.15) is 24.2 Å². The molecule has 0 radical (unpaired) electrons. The molecule has 9 heteroatoms. The molecule has 39 heavy (non-hydrogen) atoms. The third kappa shape index (κ3) is 6.28. The van der Waals surface area contributed by atoms with Gasteiger partial charge < -0.3 is 24.5 Å². The Balaban J connectivity index is 1.29. The molecule has 0 saturated heterocycles. The van der Waals surface area contributed by atoms with Crippen molar-refractivity contribution in [1.82, 2.24) is 4.98 Å². The number of anilines is 3. The molecule has 0 aliphatic rings. The highest BCUT2D eigenvalue weighted by molar-refractivity contribution is 6.05. The highest BCUT2D eigenvalue weighted by Gasteiger charge is 2.12. The van der Waals surface area contributed by atoms with Crippen molar-refractivity contribution in [2.24, 2.45) is 0 Å². The molecule has 0 fully saturated rings. The Kier molecular flexibility index (Phi) is 7.05. The van der Waals surface area contributed by atoms with Crippen LogP contribution in [0.2, 0.25) is 0 Å². The molecule has 1 amide bonds. The first-order valence-electron chi connectivity index (χ1n) is 12.0. The number of hydrogen-bond donors (Lipinski definition) is 2. The van der Waals surface area contributed by atoms with Gasteiger partial charge >= 0.3 is 11.9 Å². The zero-order chi connectivity index (χ0) is 27.4. The third-order valence-corrected chi connectivity index (χ3v) is 5.54. The van der Waals surface area contributed by atoms with E-state index in [0.717, 1.165) is 16.9 Å². The van der Waals surface area contributed by atoms with Crippen molar-refractivity contribution in [3.05, 3.63) is 96.6 Å². The van der Waals surface area contributed by atoms with Gasteiger partial charge in [0.05, 0.1) is 0 Å². The number of rotatable bonds is 7. The van der Waals surface area contributed by atoms with Crippen LogP contribution >= 0.6 is 0 Å². The van der Waals surface area contributed by atoms with Crippen molar-refractivity contribution < 1.29 is 28.3 Å². The van der Waals surface area contributed by atoms with Crippen molar-refractivity contribution in [2.45, 2.75) is 13.8 Å². The summed E-state index contributed by atoms with van der Waals surface area (Å²) >= 11 is 0. The predicted octanol–water partition coefficient (Wildman–Crippen LogP) is 6.34. The monoisotopic (exact) mass is 521 g/mol. The van der Waals surface area contributed by atoms with E-state index in [4.69, 9.17) is 13.9 Å². The maximum atomic E-state index is 12.7. The van der Waals surface area contributed by atoms with Crippen LogP contribution in [0, 0.1) is 0 Å². The minimum Gasteiger partial charge on any atom is -0.436 e. The molecule has 5 aromatic rings. The fourth-order valence-electron chi connectivity index (χ4n) is 3.84. The first-order chi connectivity index (χ1) is 18.8. The molecule has 1 aromatic heterocycles. The van der Waals surface area contributed by atoms with Crippen molar-refractivity contribution in [3.63, 3.8) is 0 Å². The van der Waals surface area contributed by atoms with E-state index in [9.17, 15) is 14.4 Å². The second-order valence-corrected chi connectivity index (χ2v) is 8.60. The number of fused-ring (bicyclic) bond motifs is 1. The Bertz CT molecular complexity index is 1670. The highest BCUT2D eigenvalue weighted by atomic mass is 16.5. The average molecular weight is 522 g/mol. The molecule has 1 heterocycles. The van der Waals surface area contributed by atoms with E-state index in [0.29, 0.717) is 39.7 Å². The molecular formula is C30H23N3O6. The van der Waals surface area contributed by atoms with Gasteiger partial charge in [0, 0.05) is 42.0 Å². The summed E-state index contributed by atoms with van der Waals surface area (Å²) in [6.07, 6.45) is 0. The number of carbonyl (C=O) groups is 3. The standard InChI is InChI=1S/C30H23N3O6/c1-18(34)37-25-11-6-20(7-12-25)29(36)32-24-10-15-28-27(17-24)33-30(39-28)21-4-3-5-23(16-21)31-22-8-13-26(14-9-22)38-19(2)35/h3-17,31H,1-2H3,(H,32,36). The smallest absolute Gasteiger partial charge is 0.308 e. The molecule has 0 aliphatic heterocycles. The van der Waals surface area contributed by atoms with Gasteiger partial charge in [0.2, 0.25) is 5.89 Å². The summed E-state index contributed by atoms with van der Waals surface area (Å²) in [6, 6.07) is 26.2. The summed E-state index contributed by atoms with van der Waals surface area (Å²) in [5, 5.41) is 6.15. The van der Waals surface area contributed by atoms with Gasteiger partial charge in [-0.1, -0.05) is 6.07 Å². The number of aromatic nitrogens is 1. The summed E-state index contributed by atoms with van der Waals surface area (Å²) in [7, 11) is 0. The van der Waals surface area contributed by atoms with Gasteiger partial charge in [-0.15, -0.1) is 0 Å². The van der Waals surface area contributed by atoms with Gasteiger partial charge in [0.15, 0.2) is 5.58 Å². The number of benzene rings is 4. The molecule has 0 bridgehead atoms. The molecular weight excluding hydrogens is 498 g/mol. The fraction of sp³-hybridized carbons (Fsp3) is 0.0667. The zero-order valence-electron chi connectivity index (χ0n) is 21.1. The second-order valence-electron chi connectivity index (χ2n) is 8.60. The Labute approximate surface area is 223 Å². The Hall–Kier alpha value is -5.44. The van der Waals surface area contributed by atoms with E-state index in [-0.39, 0.29) is 11.9 Å². The van der Waals surface area contributed by atoms with Gasteiger partial charge in [-0.05, 0) is 84.9 Å². The molecule has 0 aliphatic carbocycles. The Morgan fingerprint density at radius 1 is 0.718 bits per heavy atom. The van der Waals surface area contributed by atoms with Crippen LogP contribution < -0.4 is 20.1 Å². The fourth-order valence-corrected chi connectivity index (χ4v) is 3.84. The topological polar surface area (TPSA) is 120 Å². The second kappa shape index (κ2) is 10.9. The van der Waals surface area contributed by atoms with Crippen LogP contribution in [0.15, 0.2) is 95.4 Å². The van der Waals surface area contributed by atoms with Crippen molar-refractivity contribution in [3.8, 4) is 23.0 Å². The normalized spacial score (nSPS) is 10.6. The lowest BCUT2D eigenvalue weighted by Gasteiger charge is -2.08. The lowest BCUT2D eigenvalue weighted by Crippen LogP contribution is -2.11. The van der Waals surface area contributed by atoms with Crippen LogP contribution in [-0.4, -0.2) is 22.8 Å². The van der Waals surface area contributed by atoms with Gasteiger partial charge in [0.1, 0.15) is 17.0 Å². The minimum absolute atomic E-state index is 0.313. The number of oxazole rings is 1. The van der Waals surface area contributed by atoms with Crippen LogP contribution in [0.3, 0.4) is 0 Å². The molecule has 5 rings (SSSR count). The van der Waals surface area contributed by atoms with Crippen LogP contribution in [0.4, 0.5) is 17.1 Å². The molecule has 194 valence electrons. The number of nitrogens with one attached hydrogen (secondary N) is 2. The molecule has 2 N–H and O–H groups in total. The third-order valence-electron chi connectivity index (χ3n) is 5.54. The van der Waals surface area contributed by atoms with E-state index in [1.807, 2.05) is 36.4 Å². The average Bonchev–Trinajstić information content (AvgIpc) is 3.33. The van der Waals surface area contributed by atoms with Gasteiger partial charge in [-0.2, -0.15) is 0 Å². The quantitative estimate of drug-likeness (QED) is 0.188. The number of amides is 1. The maximum Gasteiger partial charge on any atom is 0.308 e.